The first-order valence-electron chi connectivity index (χ1n) is 8.19. The SMILES string of the molecule is Cc1nnnn1C(=Cc1ccccc1)C(=O)NCC1CC=CCC1. The summed E-state index contributed by atoms with van der Waals surface area (Å²) in [6.07, 6.45) is 9.40. The summed E-state index contributed by atoms with van der Waals surface area (Å²) in [4.78, 5) is 12.7. The molecule has 0 saturated heterocycles. The first-order valence-corrected chi connectivity index (χ1v) is 8.19. The number of amides is 1. The largest absolute Gasteiger partial charge is 0.350 e. The predicted molar refractivity (Wildman–Crippen MR) is 92.7 cm³/mol. The van der Waals surface area contributed by atoms with Crippen molar-refractivity contribution in [2.75, 3.05) is 6.54 Å². The Morgan fingerprint density at radius 2 is 2.17 bits per heavy atom. The second-order valence-electron chi connectivity index (χ2n) is 5.94. The molecule has 0 saturated carbocycles. The van der Waals surface area contributed by atoms with Crippen LogP contribution < -0.4 is 5.32 Å². The maximum Gasteiger partial charge on any atom is 0.270 e. The molecule has 0 aliphatic heterocycles. The fraction of sp³-hybridized carbons (Fsp3) is 0.333. The molecule has 6 heteroatoms. The Morgan fingerprint density at radius 3 is 2.83 bits per heavy atom. The molecule has 124 valence electrons. The number of allylic oxidation sites excluding steroid dienone is 2. The van der Waals surface area contributed by atoms with Gasteiger partial charge < -0.3 is 5.32 Å². The second-order valence-corrected chi connectivity index (χ2v) is 5.94. The molecule has 1 aliphatic rings. The van der Waals surface area contributed by atoms with Crippen LogP contribution in [0.3, 0.4) is 0 Å². The van der Waals surface area contributed by atoms with Gasteiger partial charge in [-0.15, -0.1) is 5.10 Å². The summed E-state index contributed by atoms with van der Waals surface area (Å²) in [7, 11) is 0. The average Bonchev–Trinajstić information content (AvgIpc) is 3.05. The molecule has 1 N–H and O–H groups in total. The smallest absolute Gasteiger partial charge is 0.270 e. The molecule has 0 bridgehead atoms. The van der Waals surface area contributed by atoms with Crippen LogP contribution >= 0.6 is 0 Å². The van der Waals surface area contributed by atoms with Crippen LogP contribution in [0.4, 0.5) is 0 Å². The zero-order valence-corrected chi connectivity index (χ0v) is 13.7. The van der Waals surface area contributed by atoms with Gasteiger partial charge in [0.15, 0.2) is 5.82 Å². The number of carbonyl (C=O) groups excluding carboxylic acids is 1. The standard InChI is InChI=1S/C18H21N5O/c1-14-20-21-22-23(14)17(12-15-8-4-2-5-9-15)18(24)19-13-16-10-6-3-7-11-16/h2-6,8-9,12,16H,7,10-11,13H2,1H3,(H,19,24). The lowest BCUT2D eigenvalue weighted by Crippen LogP contribution is -2.32. The number of tetrazole rings is 1. The Morgan fingerprint density at radius 1 is 1.33 bits per heavy atom. The van der Waals surface area contributed by atoms with Crippen molar-refractivity contribution in [2.45, 2.75) is 26.2 Å². The van der Waals surface area contributed by atoms with Crippen LogP contribution in [0.1, 0.15) is 30.7 Å². The third-order valence-corrected chi connectivity index (χ3v) is 4.12. The number of aryl methyl sites for hydroxylation is 1. The number of nitrogens with one attached hydrogen (secondary N) is 1. The van der Waals surface area contributed by atoms with Crippen LogP contribution in [0.15, 0.2) is 42.5 Å². The molecule has 1 aliphatic carbocycles. The van der Waals surface area contributed by atoms with Crippen LogP contribution in [0.5, 0.6) is 0 Å². The van der Waals surface area contributed by atoms with Crippen molar-refractivity contribution in [3.8, 4) is 0 Å². The molecule has 6 nitrogen and oxygen atoms in total. The molecule has 24 heavy (non-hydrogen) atoms. The molecule has 3 rings (SSSR count). The first kappa shape index (κ1) is 16.1. The van der Waals surface area contributed by atoms with Gasteiger partial charge in [-0.2, -0.15) is 4.68 Å². The summed E-state index contributed by atoms with van der Waals surface area (Å²) in [5.74, 6) is 0.906. The number of nitrogens with zero attached hydrogens (tertiary/aromatic N) is 4. The Balaban J connectivity index is 1.79. The van der Waals surface area contributed by atoms with Crippen LogP contribution in [-0.2, 0) is 4.79 Å². The highest BCUT2D eigenvalue weighted by molar-refractivity contribution is 6.18. The third-order valence-electron chi connectivity index (χ3n) is 4.12. The number of carbonyl (C=O) groups is 1. The zero-order valence-electron chi connectivity index (χ0n) is 13.7. The lowest BCUT2D eigenvalue weighted by Gasteiger charge is -2.18. The van der Waals surface area contributed by atoms with E-state index < -0.39 is 0 Å². The minimum absolute atomic E-state index is 0.163. The Labute approximate surface area is 141 Å². The van der Waals surface area contributed by atoms with E-state index in [0.29, 0.717) is 24.0 Å². The molecular formula is C18H21N5O. The average molecular weight is 323 g/mol. The van der Waals surface area contributed by atoms with Crippen LogP contribution in [0.2, 0.25) is 0 Å². The molecular weight excluding hydrogens is 302 g/mol. The van der Waals surface area contributed by atoms with Crippen LogP contribution in [0, 0.1) is 12.8 Å². The molecule has 1 aromatic carbocycles. The summed E-state index contributed by atoms with van der Waals surface area (Å²) in [6.45, 7) is 2.44. The fourth-order valence-corrected chi connectivity index (χ4v) is 2.75. The number of benzene rings is 1. The van der Waals surface area contributed by atoms with E-state index in [9.17, 15) is 4.79 Å². The maximum absolute atomic E-state index is 12.7. The topological polar surface area (TPSA) is 72.7 Å². The number of hydrogen-bond donors (Lipinski definition) is 1. The minimum atomic E-state index is -0.163. The van der Waals surface area contributed by atoms with Crippen molar-refractivity contribution >= 4 is 17.7 Å². The highest BCUT2D eigenvalue weighted by atomic mass is 16.2. The van der Waals surface area contributed by atoms with E-state index in [-0.39, 0.29) is 5.91 Å². The predicted octanol–water partition coefficient (Wildman–Crippen LogP) is 2.45. The van der Waals surface area contributed by atoms with Gasteiger partial charge >= 0.3 is 0 Å². The molecule has 0 spiro atoms. The van der Waals surface area contributed by atoms with Gasteiger partial charge in [-0.25, -0.2) is 0 Å². The van der Waals surface area contributed by atoms with E-state index in [4.69, 9.17) is 0 Å². The van der Waals surface area contributed by atoms with Crippen molar-refractivity contribution in [3.05, 3.63) is 53.9 Å². The van der Waals surface area contributed by atoms with Crippen molar-refractivity contribution in [3.63, 3.8) is 0 Å². The van der Waals surface area contributed by atoms with E-state index >= 15 is 0 Å². The first-order chi connectivity index (χ1) is 11.7. The van der Waals surface area contributed by atoms with E-state index in [0.717, 1.165) is 24.8 Å². The lowest BCUT2D eigenvalue weighted by atomic mass is 9.94. The number of rotatable bonds is 5. The van der Waals surface area contributed by atoms with Crippen molar-refractivity contribution in [1.82, 2.24) is 25.5 Å². The van der Waals surface area contributed by atoms with Gasteiger partial charge in [0.05, 0.1) is 0 Å². The van der Waals surface area contributed by atoms with Gasteiger partial charge in [0, 0.05) is 6.54 Å². The quantitative estimate of drug-likeness (QED) is 0.677. The molecule has 1 atom stereocenters. The number of hydrogen-bond acceptors (Lipinski definition) is 4. The van der Waals surface area contributed by atoms with E-state index in [2.05, 4.69) is 33.0 Å². The van der Waals surface area contributed by atoms with Crippen LogP contribution in [-0.4, -0.2) is 32.7 Å². The lowest BCUT2D eigenvalue weighted by molar-refractivity contribution is -0.116. The molecule has 1 amide bonds. The van der Waals surface area contributed by atoms with Gasteiger partial charge in [0.25, 0.3) is 5.91 Å². The van der Waals surface area contributed by atoms with Gasteiger partial charge in [-0.1, -0.05) is 42.5 Å². The van der Waals surface area contributed by atoms with Crippen molar-refractivity contribution < 1.29 is 4.79 Å². The molecule has 1 unspecified atom stereocenters. The summed E-state index contributed by atoms with van der Waals surface area (Å²) in [6, 6.07) is 9.69. The summed E-state index contributed by atoms with van der Waals surface area (Å²) >= 11 is 0. The molecule has 0 fully saturated rings. The Hall–Kier alpha value is -2.76. The van der Waals surface area contributed by atoms with Gasteiger partial charge in [0.1, 0.15) is 5.70 Å². The zero-order chi connectivity index (χ0) is 16.8. The Bertz CT molecular complexity index is 748. The summed E-state index contributed by atoms with van der Waals surface area (Å²) in [5, 5.41) is 14.5. The van der Waals surface area contributed by atoms with Gasteiger partial charge in [0.2, 0.25) is 0 Å². The van der Waals surface area contributed by atoms with Gasteiger partial charge in [-0.05, 0) is 54.2 Å². The Kier molecular flexibility index (Phi) is 5.15. The minimum Gasteiger partial charge on any atom is -0.350 e. The van der Waals surface area contributed by atoms with E-state index in [1.807, 2.05) is 30.3 Å². The monoisotopic (exact) mass is 323 g/mol. The highest BCUT2D eigenvalue weighted by Gasteiger charge is 2.18. The van der Waals surface area contributed by atoms with Crippen molar-refractivity contribution in [1.29, 1.82) is 0 Å². The van der Waals surface area contributed by atoms with Gasteiger partial charge in [-0.3, -0.25) is 4.79 Å². The summed E-state index contributed by atoms with van der Waals surface area (Å²) < 4.78 is 1.48. The highest BCUT2D eigenvalue weighted by Crippen LogP contribution is 2.18. The maximum atomic E-state index is 12.7. The summed E-state index contributed by atoms with van der Waals surface area (Å²) in [5.41, 5.74) is 1.35. The second kappa shape index (κ2) is 7.68. The fourth-order valence-electron chi connectivity index (χ4n) is 2.75. The van der Waals surface area contributed by atoms with Crippen molar-refractivity contribution in [2.24, 2.45) is 5.92 Å². The molecule has 0 radical (unpaired) electrons. The normalized spacial score (nSPS) is 17.7. The molecule has 2 aromatic rings. The number of aromatic nitrogens is 4. The molecule has 1 aromatic heterocycles. The van der Waals surface area contributed by atoms with E-state index in [1.165, 1.54) is 4.68 Å². The third kappa shape index (κ3) is 3.95. The van der Waals surface area contributed by atoms with Crippen LogP contribution in [0.25, 0.3) is 11.8 Å². The molecule has 1 heterocycles. The van der Waals surface area contributed by atoms with E-state index in [1.54, 1.807) is 13.0 Å².